The summed E-state index contributed by atoms with van der Waals surface area (Å²) in [6, 6.07) is 1.87. The molecule has 0 fully saturated rings. The standard InChI is InChI=1S/C10H8F3N5O/c11-10(12,13)7-2-1-5(3-15-7)17-9(19)8-6(14)4-16-18-8/h1-4H,14H2,(H,16,18)(H,17,19). The SMILES string of the molecule is Nc1cn[nH]c1C(=O)Nc1ccc(C(F)(F)F)nc1. The van der Waals surface area contributed by atoms with Crippen LogP contribution < -0.4 is 11.1 Å². The van der Waals surface area contributed by atoms with Crippen molar-refractivity contribution in [1.82, 2.24) is 15.2 Å². The first kappa shape index (κ1) is 12.9. The van der Waals surface area contributed by atoms with Crippen molar-refractivity contribution in [2.45, 2.75) is 6.18 Å². The molecule has 2 heterocycles. The normalized spacial score (nSPS) is 11.3. The fourth-order valence-corrected chi connectivity index (χ4v) is 1.31. The van der Waals surface area contributed by atoms with E-state index in [1.54, 1.807) is 0 Å². The quantitative estimate of drug-likeness (QED) is 0.773. The smallest absolute Gasteiger partial charge is 0.396 e. The molecule has 6 nitrogen and oxygen atoms in total. The minimum atomic E-state index is -4.52. The zero-order chi connectivity index (χ0) is 14.0. The second kappa shape index (κ2) is 4.59. The van der Waals surface area contributed by atoms with Crippen LogP contribution in [-0.2, 0) is 6.18 Å². The van der Waals surface area contributed by atoms with E-state index in [0.29, 0.717) is 0 Å². The van der Waals surface area contributed by atoms with Crippen LogP contribution in [0.5, 0.6) is 0 Å². The number of aromatic nitrogens is 3. The van der Waals surface area contributed by atoms with Crippen molar-refractivity contribution in [2.24, 2.45) is 0 Å². The summed E-state index contributed by atoms with van der Waals surface area (Å²) in [6.07, 6.45) is -2.36. The third-order valence-electron chi connectivity index (χ3n) is 2.21. The molecule has 19 heavy (non-hydrogen) atoms. The van der Waals surface area contributed by atoms with E-state index in [-0.39, 0.29) is 17.1 Å². The summed E-state index contributed by atoms with van der Waals surface area (Å²) in [7, 11) is 0. The molecule has 2 rings (SSSR count). The Morgan fingerprint density at radius 3 is 2.53 bits per heavy atom. The van der Waals surface area contributed by atoms with Gasteiger partial charge in [0.1, 0.15) is 11.4 Å². The van der Waals surface area contributed by atoms with Crippen LogP contribution >= 0.6 is 0 Å². The summed E-state index contributed by atoms with van der Waals surface area (Å²) < 4.78 is 36.8. The molecule has 0 aliphatic carbocycles. The highest BCUT2D eigenvalue weighted by Gasteiger charge is 2.32. The number of rotatable bonds is 2. The van der Waals surface area contributed by atoms with Gasteiger partial charge >= 0.3 is 6.18 Å². The number of amides is 1. The highest BCUT2D eigenvalue weighted by Crippen LogP contribution is 2.27. The average molecular weight is 271 g/mol. The maximum absolute atomic E-state index is 12.3. The average Bonchev–Trinajstić information content (AvgIpc) is 2.75. The van der Waals surface area contributed by atoms with E-state index in [1.807, 2.05) is 0 Å². The van der Waals surface area contributed by atoms with Gasteiger partial charge in [-0.25, -0.2) is 4.98 Å². The predicted octanol–water partition coefficient (Wildman–Crippen LogP) is 1.66. The van der Waals surface area contributed by atoms with Gasteiger partial charge in [-0.05, 0) is 12.1 Å². The number of hydrogen-bond donors (Lipinski definition) is 3. The Kier molecular flexibility index (Phi) is 3.11. The Bertz CT molecular complexity index is 590. The van der Waals surface area contributed by atoms with Crippen molar-refractivity contribution < 1.29 is 18.0 Å². The Hall–Kier alpha value is -2.58. The lowest BCUT2D eigenvalue weighted by Crippen LogP contribution is -2.15. The molecule has 2 aromatic rings. The lowest BCUT2D eigenvalue weighted by atomic mass is 10.3. The Morgan fingerprint density at radius 2 is 2.05 bits per heavy atom. The van der Waals surface area contributed by atoms with Crippen molar-refractivity contribution in [3.63, 3.8) is 0 Å². The lowest BCUT2D eigenvalue weighted by Gasteiger charge is -2.07. The number of carbonyl (C=O) groups is 1. The van der Waals surface area contributed by atoms with Crippen LogP contribution in [0.3, 0.4) is 0 Å². The fraction of sp³-hybridized carbons (Fsp3) is 0.100. The topological polar surface area (TPSA) is 96.7 Å². The van der Waals surface area contributed by atoms with Crippen LogP contribution in [0.15, 0.2) is 24.5 Å². The molecule has 1 amide bonds. The highest BCUT2D eigenvalue weighted by atomic mass is 19.4. The van der Waals surface area contributed by atoms with Crippen molar-refractivity contribution >= 4 is 17.3 Å². The molecule has 0 aliphatic heterocycles. The maximum Gasteiger partial charge on any atom is 0.433 e. The van der Waals surface area contributed by atoms with E-state index >= 15 is 0 Å². The molecule has 0 spiro atoms. The van der Waals surface area contributed by atoms with Gasteiger partial charge in [0.15, 0.2) is 0 Å². The minimum Gasteiger partial charge on any atom is -0.396 e. The molecule has 0 bridgehead atoms. The minimum absolute atomic E-state index is 0.0277. The van der Waals surface area contributed by atoms with Crippen molar-refractivity contribution in [3.05, 3.63) is 35.9 Å². The van der Waals surface area contributed by atoms with Gasteiger partial charge in [0.05, 0.1) is 23.8 Å². The van der Waals surface area contributed by atoms with E-state index in [0.717, 1.165) is 18.3 Å². The maximum atomic E-state index is 12.3. The Balaban J connectivity index is 2.12. The molecule has 2 aromatic heterocycles. The van der Waals surface area contributed by atoms with Gasteiger partial charge in [-0.15, -0.1) is 0 Å². The largest absolute Gasteiger partial charge is 0.433 e. The summed E-state index contributed by atoms with van der Waals surface area (Å²) in [5, 5.41) is 8.27. The molecular weight excluding hydrogens is 263 g/mol. The number of nitrogens with zero attached hydrogens (tertiary/aromatic N) is 2. The van der Waals surface area contributed by atoms with E-state index in [9.17, 15) is 18.0 Å². The third-order valence-corrected chi connectivity index (χ3v) is 2.21. The first-order valence-electron chi connectivity index (χ1n) is 5.01. The van der Waals surface area contributed by atoms with Crippen LogP contribution in [0.2, 0.25) is 0 Å². The van der Waals surface area contributed by atoms with Crippen LogP contribution in [0.25, 0.3) is 0 Å². The van der Waals surface area contributed by atoms with Gasteiger partial charge in [-0.2, -0.15) is 18.3 Å². The second-order valence-electron chi connectivity index (χ2n) is 3.58. The number of aromatic amines is 1. The third kappa shape index (κ3) is 2.81. The van der Waals surface area contributed by atoms with Crippen molar-refractivity contribution in [3.8, 4) is 0 Å². The number of nitrogens with one attached hydrogen (secondary N) is 2. The van der Waals surface area contributed by atoms with Gasteiger partial charge < -0.3 is 11.1 Å². The number of halogens is 3. The fourth-order valence-electron chi connectivity index (χ4n) is 1.31. The Labute approximate surface area is 104 Å². The van der Waals surface area contributed by atoms with Crippen LogP contribution in [-0.4, -0.2) is 21.1 Å². The number of carbonyl (C=O) groups excluding carboxylic acids is 1. The van der Waals surface area contributed by atoms with E-state index in [1.165, 1.54) is 6.20 Å². The number of hydrogen-bond acceptors (Lipinski definition) is 4. The van der Waals surface area contributed by atoms with Crippen molar-refractivity contribution in [1.29, 1.82) is 0 Å². The van der Waals surface area contributed by atoms with Crippen LogP contribution in [0.4, 0.5) is 24.5 Å². The molecule has 0 aromatic carbocycles. The predicted molar refractivity (Wildman–Crippen MR) is 60.2 cm³/mol. The summed E-state index contributed by atoms with van der Waals surface area (Å²) >= 11 is 0. The molecule has 4 N–H and O–H groups in total. The summed E-state index contributed by atoms with van der Waals surface area (Å²) in [5.41, 5.74) is 4.70. The molecule has 0 unspecified atom stereocenters. The van der Waals surface area contributed by atoms with Crippen LogP contribution in [0.1, 0.15) is 16.2 Å². The molecule has 0 atom stereocenters. The van der Waals surface area contributed by atoms with Gasteiger partial charge in [0.2, 0.25) is 0 Å². The number of pyridine rings is 1. The molecule has 0 aliphatic rings. The Morgan fingerprint density at radius 1 is 1.32 bits per heavy atom. The number of nitrogens with two attached hydrogens (primary N) is 1. The molecule has 0 saturated heterocycles. The zero-order valence-electron chi connectivity index (χ0n) is 9.32. The van der Waals surface area contributed by atoms with E-state index in [2.05, 4.69) is 20.5 Å². The molecule has 0 radical (unpaired) electrons. The number of alkyl halides is 3. The molecule has 100 valence electrons. The molecule has 0 saturated carbocycles. The summed E-state index contributed by atoms with van der Waals surface area (Å²) in [6.45, 7) is 0. The summed E-state index contributed by atoms with van der Waals surface area (Å²) in [4.78, 5) is 14.9. The van der Waals surface area contributed by atoms with Gasteiger partial charge in [0, 0.05) is 0 Å². The first-order chi connectivity index (χ1) is 8.88. The summed E-state index contributed by atoms with van der Waals surface area (Å²) in [5.74, 6) is -0.614. The van der Waals surface area contributed by atoms with Crippen molar-refractivity contribution in [2.75, 3.05) is 11.1 Å². The molecular formula is C10H8F3N5O. The zero-order valence-corrected chi connectivity index (χ0v) is 9.32. The van der Waals surface area contributed by atoms with E-state index < -0.39 is 17.8 Å². The highest BCUT2D eigenvalue weighted by molar-refractivity contribution is 6.06. The second-order valence-corrected chi connectivity index (χ2v) is 3.58. The van der Waals surface area contributed by atoms with Gasteiger partial charge in [-0.3, -0.25) is 9.89 Å². The monoisotopic (exact) mass is 271 g/mol. The first-order valence-corrected chi connectivity index (χ1v) is 5.01. The number of nitrogen functional groups attached to an aromatic ring is 1. The lowest BCUT2D eigenvalue weighted by molar-refractivity contribution is -0.141. The van der Waals surface area contributed by atoms with Gasteiger partial charge in [0.25, 0.3) is 5.91 Å². The van der Waals surface area contributed by atoms with E-state index in [4.69, 9.17) is 5.73 Å². The molecule has 9 heteroatoms. The van der Waals surface area contributed by atoms with Crippen LogP contribution in [0, 0.1) is 0 Å². The van der Waals surface area contributed by atoms with Gasteiger partial charge in [-0.1, -0.05) is 0 Å². The number of anilines is 2. The number of H-pyrrole nitrogens is 1.